The summed E-state index contributed by atoms with van der Waals surface area (Å²) < 4.78 is 11.5. The SMILES string of the molecule is O=C(CNc1ccc(C(=O)NCc2ccccc2)cc1)Nc1ccccc1OCC1CCCO1. The van der Waals surface area contributed by atoms with Gasteiger partial charge < -0.3 is 25.4 Å². The normalized spacial score (nSPS) is 14.9. The van der Waals surface area contributed by atoms with E-state index in [1.54, 1.807) is 24.3 Å². The summed E-state index contributed by atoms with van der Waals surface area (Å²) in [6, 6.07) is 24.1. The molecular weight excluding hydrogens is 430 g/mol. The molecule has 2 amide bonds. The van der Waals surface area contributed by atoms with Crippen LogP contribution in [0, 0.1) is 0 Å². The van der Waals surface area contributed by atoms with Crippen molar-refractivity contribution >= 4 is 23.2 Å². The van der Waals surface area contributed by atoms with Gasteiger partial charge in [-0.1, -0.05) is 42.5 Å². The first kappa shape index (κ1) is 23.3. The van der Waals surface area contributed by atoms with Crippen molar-refractivity contribution in [2.24, 2.45) is 0 Å². The van der Waals surface area contributed by atoms with E-state index < -0.39 is 0 Å². The van der Waals surface area contributed by atoms with Crippen LogP contribution in [0.1, 0.15) is 28.8 Å². The monoisotopic (exact) mass is 459 g/mol. The first-order valence-electron chi connectivity index (χ1n) is 11.5. The fourth-order valence-electron chi connectivity index (χ4n) is 3.65. The third-order valence-corrected chi connectivity index (χ3v) is 5.51. The molecule has 0 aliphatic carbocycles. The van der Waals surface area contributed by atoms with Crippen LogP contribution in [-0.4, -0.2) is 37.7 Å². The molecular formula is C27H29N3O4. The van der Waals surface area contributed by atoms with Crippen LogP contribution in [0.15, 0.2) is 78.9 Å². The second kappa shape index (κ2) is 11.9. The number of carbonyl (C=O) groups is 2. The number of para-hydroxylation sites is 2. The molecule has 4 rings (SSSR count). The van der Waals surface area contributed by atoms with Gasteiger partial charge in [0.25, 0.3) is 5.91 Å². The van der Waals surface area contributed by atoms with E-state index in [-0.39, 0.29) is 24.5 Å². The Kier molecular flexibility index (Phi) is 8.13. The number of amides is 2. The zero-order valence-corrected chi connectivity index (χ0v) is 19.0. The molecule has 1 aliphatic rings. The van der Waals surface area contributed by atoms with Crippen LogP contribution < -0.4 is 20.7 Å². The van der Waals surface area contributed by atoms with Crippen molar-refractivity contribution in [2.75, 3.05) is 30.4 Å². The number of nitrogens with one attached hydrogen (secondary N) is 3. The zero-order valence-electron chi connectivity index (χ0n) is 19.0. The molecule has 1 atom stereocenters. The highest BCUT2D eigenvalue weighted by atomic mass is 16.5. The van der Waals surface area contributed by atoms with Gasteiger partial charge in [0.05, 0.1) is 18.3 Å². The van der Waals surface area contributed by atoms with E-state index in [4.69, 9.17) is 9.47 Å². The molecule has 3 N–H and O–H groups in total. The first-order valence-corrected chi connectivity index (χ1v) is 11.5. The van der Waals surface area contributed by atoms with Gasteiger partial charge >= 0.3 is 0 Å². The number of anilines is 2. The molecule has 1 aliphatic heterocycles. The van der Waals surface area contributed by atoms with Crippen molar-refractivity contribution in [1.82, 2.24) is 5.32 Å². The quantitative estimate of drug-likeness (QED) is 0.422. The van der Waals surface area contributed by atoms with Gasteiger partial charge in [0.15, 0.2) is 0 Å². The summed E-state index contributed by atoms with van der Waals surface area (Å²) in [5.74, 6) is 0.280. The Labute approximate surface area is 199 Å². The zero-order chi connectivity index (χ0) is 23.6. The summed E-state index contributed by atoms with van der Waals surface area (Å²) in [4.78, 5) is 24.8. The predicted molar refractivity (Wildman–Crippen MR) is 132 cm³/mol. The number of carbonyl (C=O) groups excluding carboxylic acids is 2. The van der Waals surface area contributed by atoms with Gasteiger partial charge in [-0.05, 0) is 54.8 Å². The standard InChI is InChI=1S/C27H29N3O4/c31-26(30-24-10-4-5-11-25(24)34-19-23-9-6-16-33-23)18-28-22-14-12-21(13-15-22)27(32)29-17-20-7-2-1-3-8-20/h1-5,7-8,10-15,23,28H,6,9,16-19H2,(H,29,32)(H,30,31). The lowest BCUT2D eigenvalue weighted by atomic mass is 10.1. The largest absolute Gasteiger partial charge is 0.489 e. The summed E-state index contributed by atoms with van der Waals surface area (Å²) in [5.41, 5.74) is 2.97. The van der Waals surface area contributed by atoms with Gasteiger partial charge in [-0.15, -0.1) is 0 Å². The van der Waals surface area contributed by atoms with E-state index >= 15 is 0 Å². The van der Waals surface area contributed by atoms with E-state index in [0.717, 1.165) is 30.7 Å². The van der Waals surface area contributed by atoms with Crippen LogP contribution >= 0.6 is 0 Å². The number of ether oxygens (including phenoxy) is 2. The van der Waals surface area contributed by atoms with Gasteiger partial charge in [-0.3, -0.25) is 9.59 Å². The number of rotatable bonds is 10. The van der Waals surface area contributed by atoms with Gasteiger partial charge in [0.2, 0.25) is 5.91 Å². The Morgan fingerprint density at radius 3 is 2.47 bits per heavy atom. The molecule has 34 heavy (non-hydrogen) atoms. The molecule has 7 heteroatoms. The lowest BCUT2D eigenvalue weighted by Gasteiger charge is -2.15. The molecule has 0 aromatic heterocycles. The van der Waals surface area contributed by atoms with Gasteiger partial charge in [-0.2, -0.15) is 0 Å². The highest BCUT2D eigenvalue weighted by Crippen LogP contribution is 2.25. The second-order valence-electron chi connectivity index (χ2n) is 8.09. The maximum atomic E-state index is 12.5. The van der Waals surface area contributed by atoms with Gasteiger partial charge in [-0.25, -0.2) is 0 Å². The Balaban J connectivity index is 1.23. The average molecular weight is 460 g/mol. The highest BCUT2D eigenvalue weighted by molar-refractivity contribution is 5.96. The topological polar surface area (TPSA) is 88.7 Å². The molecule has 1 fully saturated rings. The molecule has 3 aromatic carbocycles. The molecule has 1 heterocycles. The highest BCUT2D eigenvalue weighted by Gasteiger charge is 2.17. The van der Waals surface area contributed by atoms with Crippen LogP contribution in [-0.2, 0) is 16.1 Å². The third-order valence-electron chi connectivity index (χ3n) is 5.51. The van der Waals surface area contributed by atoms with Crippen molar-refractivity contribution in [1.29, 1.82) is 0 Å². The van der Waals surface area contributed by atoms with E-state index in [9.17, 15) is 9.59 Å². The smallest absolute Gasteiger partial charge is 0.251 e. The number of hydrogen-bond acceptors (Lipinski definition) is 5. The van der Waals surface area contributed by atoms with E-state index in [2.05, 4.69) is 16.0 Å². The van der Waals surface area contributed by atoms with E-state index in [0.29, 0.717) is 30.2 Å². The maximum Gasteiger partial charge on any atom is 0.251 e. The van der Waals surface area contributed by atoms with Crippen LogP contribution in [0.3, 0.4) is 0 Å². The number of benzene rings is 3. The summed E-state index contributed by atoms with van der Waals surface area (Å²) in [5, 5.41) is 8.87. The van der Waals surface area contributed by atoms with Crippen molar-refractivity contribution < 1.29 is 19.1 Å². The van der Waals surface area contributed by atoms with Crippen molar-refractivity contribution in [2.45, 2.75) is 25.5 Å². The van der Waals surface area contributed by atoms with Crippen LogP contribution in [0.2, 0.25) is 0 Å². The lowest BCUT2D eigenvalue weighted by Crippen LogP contribution is -2.23. The summed E-state index contributed by atoms with van der Waals surface area (Å²) in [7, 11) is 0. The van der Waals surface area contributed by atoms with Crippen LogP contribution in [0.25, 0.3) is 0 Å². The molecule has 0 radical (unpaired) electrons. The maximum absolute atomic E-state index is 12.5. The summed E-state index contributed by atoms with van der Waals surface area (Å²) in [6.45, 7) is 1.80. The molecule has 0 bridgehead atoms. The summed E-state index contributed by atoms with van der Waals surface area (Å²) in [6.07, 6.45) is 2.15. The van der Waals surface area contributed by atoms with E-state index in [1.165, 1.54) is 0 Å². The number of hydrogen-bond donors (Lipinski definition) is 3. The van der Waals surface area contributed by atoms with Gasteiger partial charge in [0.1, 0.15) is 12.4 Å². The minimum absolute atomic E-state index is 0.0830. The average Bonchev–Trinajstić information content (AvgIpc) is 3.40. The third kappa shape index (κ3) is 6.83. The Morgan fingerprint density at radius 1 is 0.941 bits per heavy atom. The fraction of sp³-hybridized carbons (Fsp3) is 0.259. The molecule has 176 valence electrons. The first-order chi connectivity index (χ1) is 16.7. The Bertz CT molecular complexity index is 1080. The van der Waals surface area contributed by atoms with Crippen molar-refractivity contribution in [3.05, 3.63) is 90.0 Å². The molecule has 1 unspecified atom stereocenters. The van der Waals surface area contributed by atoms with Gasteiger partial charge in [0, 0.05) is 24.4 Å². The minimum atomic E-state index is -0.196. The summed E-state index contributed by atoms with van der Waals surface area (Å²) >= 11 is 0. The van der Waals surface area contributed by atoms with E-state index in [1.807, 2.05) is 54.6 Å². The molecule has 0 saturated carbocycles. The molecule has 1 saturated heterocycles. The second-order valence-corrected chi connectivity index (χ2v) is 8.09. The minimum Gasteiger partial charge on any atom is -0.489 e. The van der Waals surface area contributed by atoms with Crippen LogP contribution in [0.4, 0.5) is 11.4 Å². The predicted octanol–water partition coefficient (Wildman–Crippen LogP) is 4.23. The molecule has 0 spiro atoms. The lowest BCUT2D eigenvalue weighted by molar-refractivity contribution is -0.114. The Hall–Kier alpha value is -3.84. The van der Waals surface area contributed by atoms with Crippen molar-refractivity contribution in [3.63, 3.8) is 0 Å². The molecule has 7 nitrogen and oxygen atoms in total. The van der Waals surface area contributed by atoms with Crippen molar-refractivity contribution in [3.8, 4) is 5.75 Å². The fourth-order valence-corrected chi connectivity index (χ4v) is 3.65. The Morgan fingerprint density at radius 2 is 1.71 bits per heavy atom. The molecule has 3 aromatic rings. The van der Waals surface area contributed by atoms with Crippen LogP contribution in [0.5, 0.6) is 5.75 Å².